The van der Waals surface area contributed by atoms with Gasteiger partial charge >= 0.3 is 0 Å². The van der Waals surface area contributed by atoms with Crippen LogP contribution >= 0.6 is 11.3 Å². The van der Waals surface area contributed by atoms with Gasteiger partial charge in [-0.2, -0.15) is 0 Å². The Labute approximate surface area is 189 Å². The van der Waals surface area contributed by atoms with Gasteiger partial charge in [0.25, 0.3) is 5.56 Å². The molecule has 158 valence electrons. The second kappa shape index (κ2) is 8.05. The summed E-state index contributed by atoms with van der Waals surface area (Å²) >= 11 is 1.44. The molecule has 0 unspecified atom stereocenters. The molecule has 0 fully saturated rings. The van der Waals surface area contributed by atoms with E-state index in [0.29, 0.717) is 10.2 Å². The van der Waals surface area contributed by atoms with Crippen LogP contribution in [0.4, 0.5) is 5.69 Å². The smallest absolute Gasteiger partial charge is 0.263 e. The summed E-state index contributed by atoms with van der Waals surface area (Å²) in [6.45, 7) is 4.02. The van der Waals surface area contributed by atoms with Crippen molar-refractivity contribution in [2.45, 2.75) is 20.4 Å². The molecule has 0 atom stereocenters. The van der Waals surface area contributed by atoms with Crippen molar-refractivity contribution in [3.63, 3.8) is 0 Å². The number of anilines is 1. The maximum absolute atomic E-state index is 13.3. The Morgan fingerprint density at radius 1 is 1.03 bits per heavy atom. The number of thiophene rings is 1. The lowest BCUT2D eigenvalue weighted by Crippen LogP contribution is -2.27. The van der Waals surface area contributed by atoms with Crippen molar-refractivity contribution in [1.82, 2.24) is 9.55 Å². The second-order valence-corrected chi connectivity index (χ2v) is 8.74. The van der Waals surface area contributed by atoms with Crippen LogP contribution in [0.3, 0.4) is 0 Å². The average Bonchev–Trinajstić information content (AvgIpc) is 3.23. The van der Waals surface area contributed by atoms with E-state index in [1.807, 2.05) is 53.9 Å². The zero-order valence-corrected chi connectivity index (χ0v) is 18.6. The molecule has 1 amide bonds. The molecule has 5 aromatic rings. The van der Waals surface area contributed by atoms with Crippen molar-refractivity contribution in [3.8, 4) is 11.1 Å². The lowest BCUT2D eigenvalue weighted by Gasteiger charge is -2.10. The van der Waals surface area contributed by atoms with E-state index in [0.717, 1.165) is 27.6 Å². The van der Waals surface area contributed by atoms with E-state index in [9.17, 15) is 9.59 Å². The maximum Gasteiger partial charge on any atom is 0.263 e. The van der Waals surface area contributed by atoms with Crippen molar-refractivity contribution in [3.05, 3.63) is 93.9 Å². The molecular weight excluding hydrogens is 418 g/mol. The molecule has 0 radical (unpaired) electrons. The summed E-state index contributed by atoms with van der Waals surface area (Å²) in [5, 5.41) is 7.46. The zero-order valence-electron chi connectivity index (χ0n) is 17.8. The number of benzene rings is 3. The Morgan fingerprint density at radius 3 is 2.69 bits per heavy atom. The summed E-state index contributed by atoms with van der Waals surface area (Å²) in [6, 6.07) is 19.8. The molecule has 2 aromatic heterocycles. The second-order valence-electron chi connectivity index (χ2n) is 7.88. The highest BCUT2D eigenvalue weighted by molar-refractivity contribution is 7.17. The molecule has 0 spiro atoms. The predicted molar refractivity (Wildman–Crippen MR) is 131 cm³/mol. The van der Waals surface area contributed by atoms with Crippen molar-refractivity contribution >= 4 is 43.9 Å². The first kappa shape index (κ1) is 20.2. The number of aryl methyl sites for hydroxylation is 2. The van der Waals surface area contributed by atoms with Crippen LogP contribution in [0.15, 0.2) is 77.2 Å². The van der Waals surface area contributed by atoms with Crippen LogP contribution in [0.2, 0.25) is 0 Å². The summed E-state index contributed by atoms with van der Waals surface area (Å²) in [5.41, 5.74) is 4.72. The van der Waals surface area contributed by atoms with Gasteiger partial charge in [-0.1, -0.05) is 54.6 Å². The van der Waals surface area contributed by atoms with Gasteiger partial charge in [0, 0.05) is 22.0 Å². The van der Waals surface area contributed by atoms with Gasteiger partial charge in [-0.15, -0.1) is 11.3 Å². The number of hydrogen-bond donors (Lipinski definition) is 1. The van der Waals surface area contributed by atoms with Crippen molar-refractivity contribution < 1.29 is 4.79 Å². The molecule has 0 aliphatic heterocycles. The molecule has 5 rings (SSSR count). The Balaban J connectivity index is 1.48. The summed E-state index contributed by atoms with van der Waals surface area (Å²) in [6.07, 6.45) is 1.45. The van der Waals surface area contributed by atoms with Gasteiger partial charge in [-0.05, 0) is 42.0 Å². The topological polar surface area (TPSA) is 64.0 Å². The largest absolute Gasteiger partial charge is 0.324 e. The molecule has 2 heterocycles. The highest BCUT2D eigenvalue weighted by Gasteiger charge is 2.15. The fourth-order valence-electron chi connectivity index (χ4n) is 3.88. The molecule has 3 aromatic carbocycles. The lowest BCUT2D eigenvalue weighted by molar-refractivity contribution is -0.116. The average molecular weight is 440 g/mol. The van der Waals surface area contributed by atoms with Crippen molar-refractivity contribution in [2.75, 3.05) is 5.32 Å². The molecule has 0 aliphatic carbocycles. The summed E-state index contributed by atoms with van der Waals surface area (Å²) in [4.78, 5) is 31.2. The molecule has 0 bridgehead atoms. The highest BCUT2D eigenvalue weighted by atomic mass is 32.1. The van der Waals surface area contributed by atoms with Gasteiger partial charge in [0.15, 0.2) is 0 Å². The number of carbonyl (C=O) groups excluding carboxylic acids is 1. The Morgan fingerprint density at radius 2 is 1.84 bits per heavy atom. The molecule has 32 heavy (non-hydrogen) atoms. The van der Waals surface area contributed by atoms with E-state index in [-0.39, 0.29) is 18.0 Å². The van der Waals surface area contributed by atoms with Gasteiger partial charge in [-0.25, -0.2) is 4.98 Å². The zero-order chi connectivity index (χ0) is 22.2. The number of aromatic nitrogens is 2. The van der Waals surface area contributed by atoms with Gasteiger partial charge in [0.2, 0.25) is 5.91 Å². The van der Waals surface area contributed by atoms with E-state index in [1.165, 1.54) is 33.4 Å². The normalized spacial score (nSPS) is 11.2. The molecule has 0 saturated heterocycles. The van der Waals surface area contributed by atoms with Crippen LogP contribution in [-0.4, -0.2) is 15.5 Å². The van der Waals surface area contributed by atoms with Gasteiger partial charge < -0.3 is 5.32 Å². The molecule has 6 heteroatoms. The molecule has 1 N–H and O–H groups in total. The van der Waals surface area contributed by atoms with Crippen LogP contribution < -0.4 is 10.9 Å². The van der Waals surface area contributed by atoms with Crippen molar-refractivity contribution in [1.29, 1.82) is 0 Å². The van der Waals surface area contributed by atoms with E-state index in [1.54, 1.807) is 0 Å². The third-order valence-corrected chi connectivity index (χ3v) is 6.64. The molecular formula is C26H21N3O2S. The lowest BCUT2D eigenvalue weighted by atomic mass is 10.0. The number of rotatable bonds is 4. The first-order chi connectivity index (χ1) is 15.5. The first-order valence-electron chi connectivity index (χ1n) is 10.3. The van der Waals surface area contributed by atoms with Crippen molar-refractivity contribution in [2.24, 2.45) is 0 Å². The number of nitrogens with one attached hydrogen (secondary N) is 1. The fraction of sp³-hybridized carbons (Fsp3) is 0.115. The van der Waals surface area contributed by atoms with Crippen LogP contribution in [-0.2, 0) is 11.3 Å². The molecule has 0 saturated carbocycles. The minimum atomic E-state index is -0.271. The van der Waals surface area contributed by atoms with Crippen LogP contribution in [0, 0.1) is 13.8 Å². The number of nitrogens with zero attached hydrogens (tertiary/aromatic N) is 2. The predicted octanol–water partition coefficient (Wildman–Crippen LogP) is 5.53. The summed E-state index contributed by atoms with van der Waals surface area (Å²) < 4.78 is 1.38. The molecule has 5 nitrogen and oxygen atoms in total. The number of fused-ring (bicyclic) bond motifs is 2. The third-order valence-electron chi connectivity index (χ3n) is 5.76. The Kier molecular flexibility index (Phi) is 5.07. The summed E-state index contributed by atoms with van der Waals surface area (Å²) in [5.74, 6) is -0.271. The SMILES string of the molecule is Cc1ccc(-c2csc3ncn(CC(=O)Nc4cccc5ccccc45)c(=O)c23)cc1C. The third kappa shape index (κ3) is 3.59. The van der Waals surface area contributed by atoms with E-state index in [4.69, 9.17) is 0 Å². The first-order valence-corrected chi connectivity index (χ1v) is 11.2. The molecule has 0 aliphatic rings. The minimum absolute atomic E-state index is 0.104. The highest BCUT2D eigenvalue weighted by Crippen LogP contribution is 2.31. The van der Waals surface area contributed by atoms with Crippen LogP contribution in [0.5, 0.6) is 0 Å². The maximum atomic E-state index is 13.3. The van der Waals surface area contributed by atoms with Crippen LogP contribution in [0.25, 0.3) is 32.1 Å². The van der Waals surface area contributed by atoms with Crippen LogP contribution in [0.1, 0.15) is 11.1 Å². The Hall–Kier alpha value is -3.77. The summed E-state index contributed by atoms with van der Waals surface area (Å²) in [7, 11) is 0. The number of amides is 1. The van der Waals surface area contributed by atoms with Gasteiger partial charge in [0.1, 0.15) is 11.4 Å². The Bertz CT molecular complexity index is 1540. The van der Waals surface area contributed by atoms with Gasteiger partial charge in [0.05, 0.1) is 11.7 Å². The minimum Gasteiger partial charge on any atom is -0.324 e. The number of hydrogen-bond acceptors (Lipinski definition) is 4. The van der Waals surface area contributed by atoms with Gasteiger partial charge in [-0.3, -0.25) is 14.2 Å². The quantitative estimate of drug-likeness (QED) is 0.400. The fourth-order valence-corrected chi connectivity index (χ4v) is 4.79. The van der Waals surface area contributed by atoms with E-state index >= 15 is 0 Å². The monoisotopic (exact) mass is 439 g/mol. The standard InChI is InChI=1S/C26H21N3O2S/c1-16-10-11-19(12-17(16)2)21-14-32-25-24(21)26(31)29(15-27-25)13-23(30)28-22-9-5-7-18-6-3-4-8-20(18)22/h3-12,14-15H,13H2,1-2H3,(H,28,30). The number of carbonyl (C=O) groups is 1. The van der Waals surface area contributed by atoms with E-state index < -0.39 is 0 Å². The van der Waals surface area contributed by atoms with E-state index in [2.05, 4.69) is 36.3 Å².